The Morgan fingerprint density at radius 2 is 2.00 bits per heavy atom. The molecule has 0 aliphatic carbocycles. The minimum atomic E-state index is -0.0846. The highest BCUT2D eigenvalue weighted by Gasteiger charge is 2.23. The number of hydrogen-bond acceptors (Lipinski definition) is 4. The summed E-state index contributed by atoms with van der Waals surface area (Å²) >= 11 is 0. The van der Waals surface area contributed by atoms with Crippen LogP contribution in [-0.4, -0.2) is 44.8 Å². The van der Waals surface area contributed by atoms with Crippen LogP contribution in [0.15, 0.2) is 12.7 Å². The lowest BCUT2D eigenvalue weighted by Gasteiger charge is -2.35. The van der Waals surface area contributed by atoms with E-state index in [0.29, 0.717) is 0 Å². The molecule has 0 radical (unpaired) electrons. The third-order valence-corrected chi connectivity index (χ3v) is 3.25. The first-order valence-electron chi connectivity index (χ1n) is 6.36. The molecule has 0 unspecified atom stereocenters. The largest absolute Gasteiger partial charge is 0.324 e. The average Bonchev–Trinajstić information content (AvgIpc) is 2.71. The van der Waals surface area contributed by atoms with E-state index in [1.54, 1.807) is 12.7 Å². The fourth-order valence-electron chi connectivity index (χ4n) is 2.49. The molecule has 2 N–H and O–H groups in total. The summed E-state index contributed by atoms with van der Waals surface area (Å²) in [5.41, 5.74) is 5.96. The SMILES string of the molecule is CC(C)(N)CN1CCC(Cn2cncn2)CC1.Cl. The smallest absolute Gasteiger partial charge is 0.137 e. The zero-order valence-electron chi connectivity index (χ0n) is 11.2. The van der Waals surface area contributed by atoms with E-state index in [0.717, 1.165) is 32.1 Å². The summed E-state index contributed by atoms with van der Waals surface area (Å²) in [6, 6.07) is 0. The molecular formula is C12H24ClN5. The molecule has 2 heterocycles. The van der Waals surface area contributed by atoms with Gasteiger partial charge < -0.3 is 10.6 Å². The van der Waals surface area contributed by atoms with Gasteiger partial charge in [-0.05, 0) is 45.7 Å². The maximum Gasteiger partial charge on any atom is 0.137 e. The zero-order valence-corrected chi connectivity index (χ0v) is 12.1. The molecule has 0 saturated carbocycles. The van der Waals surface area contributed by atoms with Crippen molar-refractivity contribution in [3.8, 4) is 0 Å². The van der Waals surface area contributed by atoms with Crippen molar-refractivity contribution < 1.29 is 0 Å². The number of nitrogens with zero attached hydrogens (tertiary/aromatic N) is 4. The van der Waals surface area contributed by atoms with Crippen LogP contribution >= 0.6 is 12.4 Å². The summed E-state index contributed by atoms with van der Waals surface area (Å²) in [5, 5.41) is 4.16. The number of hydrogen-bond donors (Lipinski definition) is 1. The third kappa shape index (κ3) is 4.92. The Kier molecular flexibility index (Phi) is 5.56. The van der Waals surface area contributed by atoms with E-state index in [9.17, 15) is 0 Å². The Hall–Kier alpha value is -0.650. The minimum absolute atomic E-state index is 0. The fraction of sp³-hybridized carbons (Fsp3) is 0.833. The molecule has 1 aromatic heterocycles. The maximum absolute atomic E-state index is 6.05. The minimum Gasteiger partial charge on any atom is -0.324 e. The molecule has 18 heavy (non-hydrogen) atoms. The standard InChI is InChI=1S/C12H23N5.ClH/c1-12(2,13)8-16-5-3-11(4-6-16)7-17-10-14-9-15-17;/h9-11H,3-8,13H2,1-2H3;1H. The van der Waals surface area contributed by atoms with Crippen LogP contribution in [0.1, 0.15) is 26.7 Å². The first-order valence-corrected chi connectivity index (χ1v) is 6.36. The van der Waals surface area contributed by atoms with Crippen LogP contribution < -0.4 is 5.73 Å². The number of likely N-dealkylation sites (tertiary alicyclic amines) is 1. The lowest BCUT2D eigenvalue weighted by molar-refractivity contribution is 0.148. The van der Waals surface area contributed by atoms with Crippen LogP contribution in [-0.2, 0) is 6.54 Å². The second-order valence-electron chi connectivity index (χ2n) is 5.83. The summed E-state index contributed by atoms with van der Waals surface area (Å²) in [6.45, 7) is 8.48. The van der Waals surface area contributed by atoms with Gasteiger partial charge in [0, 0.05) is 18.6 Å². The number of rotatable bonds is 4. The Morgan fingerprint density at radius 1 is 1.33 bits per heavy atom. The van der Waals surface area contributed by atoms with Crippen molar-refractivity contribution in [2.75, 3.05) is 19.6 Å². The monoisotopic (exact) mass is 273 g/mol. The summed E-state index contributed by atoms with van der Waals surface area (Å²) < 4.78 is 1.94. The number of nitrogens with two attached hydrogens (primary N) is 1. The number of piperidine rings is 1. The molecule has 1 fully saturated rings. The van der Waals surface area contributed by atoms with E-state index in [1.807, 2.05) is 4.68 Å². The van der Waals surface area contributed by atoms with E-state index in [2.05, 4.69) is 28.8 Å². The zero-order chi connectivity index (χ0) is 12.3. The predicted molar refractivity (Wildman–Crippen MR) is 74.7 cm³/mol. The normalized spacial score (nSPS) is 18.6. The van der Waals surface area contributed by atoms with Crippen LogP contribution in [0.3, 0.4) is 0 Å². The van der Waals surface area contributed by atoms with Gasteiger partial charge in [0.1, 0.15) is 12.7 Å². The first-order chi connectivity index (χ1) is 8.03. The molecule has 104 valence electrons. The lowest BCUT2D eigenvalue weighted by Crippen LogP contribution is -2.48. The van der Waals surface area contributed by atoms with Gasteiger partial charge in [-0.1, -0.05) is 0 Å². The van der Waals surface area contributed by atoms with Crippen molar-refractivity contribution in [3.05, 3.63) is 12.7 Å². The molecule has 0 amide bonds. The highest BCUT2D eigenvalue weighted by atomic mass is 35.5. The lowest BCUT2D eigenvalue weighted by atomic mass is 9.95. The molecule has 6 heteroatoms. The highest BCUT2D eigenvalue weighted by molar-refractivity contribution is 5.85. The van der Waals surface area contributed by atoms with Crippen LogP contribution in [0.25, 0.3) is 0 Å². The molecule has 0 spiro atoms. The quantitative estimate of drug-likeness (QED) is 0.894. The molecule has 1 aliphatic rings. The molecule has 2 rings (SSSR count). The molecule has 1 aliphatic heterocycles. The van der Waals surface area contributed by atoms with E-state index in [-0.39, 0.29) is 17.9 Å². The second-order valence-corrected chi connectivity index (χ2v) is 5.83. The van der Waals surface area contributed by atoms with Gasteiger partial charge in [0.2, 0.25) is 0 Å². The number of halogens is 1. The van der Waals surface area contributed by atoms with Gasteiger partial charge in [-0.15, -0.1) is 12.4 Å². The molecule has 0 bridgehead atoms. The number of aromatic nitrogens is 3. The summed E-state index contributed by atoms with van der Waals surface area (Å²) in [7, 11) is 0. The summed E-state index contributed by atoms with van der Waals surface area (Å²) in [4.78, 5) is 6.45. The third-order valence-electron chi connectivity index (χ3n) is 3.25. The van der Waals surface area contributed by atoms with Crippen LogP contribution in [0.5, 0.6) is 0 Å². The first kappa shape index (κ1) is 15.4. The van der Waals surface area contributed by atoms with Crippen molar-refractivity contribution in [2.45, 2.75) is 38.8 Å². The average molecular weight is 274 g/mol. The van der Waals surface area contributed by atoms with Gasteiger partial charge in [-0.3, -0.25) is 4.68 Å². The summed E-state index contributed by atoms with van der Waals surface area (Å²) in [6.07, 6.45) is 5.87. The highest BCUT2D eigenvalue weighted by Crippen LogP contribution is 2.19. The van der Waals surface area contributed by atoms with Gasteiger partial charge >= 0.3 is 0 Å². The van der Waals surface area contributed by atoms with Crippen LogP contribution in [0.4, 0.5) is 0 Å². The Balaban J connectivity index is 0.00000162. The Morgan fingerprint density at radius 3 is 2.50 bits per heavy atom. The Labute approximate surface area is 115 Å². The molecule has 0 atom stereocenters. The van der Waals surface area contributed by atoms with E-state index in [1.165, 1.54) is 12.8 Å². The molecule has 1 saturated heterocycles. The van der Waals surface area contributed by atoms with Gasteiger partial charge in [0.05, 0.1) is 0 Å². The predicted octanol–water partition coefficient (Wildman–Crippen LogP) is 1.15. The van der Waals surface area contributed by atoms with Crippen LogP contribution in [0, 0.1) is 5.92 Å². The van der Waals surface area contributed by atoms with Crippen LogP contribution in [0.2, 0.25) is 0 Å². The van der Waals surface area contributed by atoms with Gasteiger partial charge in [-0.25, -0.2) is 4.98 Å². The van der Waals surface area contributed by atoms with Crippen molar-refractivity contribution in [1.29, 1.82) is 0 Å². The van der Waals surface area contributed by atoms with E-state index >= 15 is 0 Å². The van der Waals surface area contributed by atoms with E-state index < -0.39 is 0 Å². The van der Waals surface area contributed by atoms with Crippen molar-refractivity contribution >= 4 is 12.4 Å². The van der Waals surface area contributed by atoms with E-state index in [4.69, 9.17) is 5.73 Å². The molecule has 1 aromatic rings. The van der Waals surface area contributed by atoms with Gasteiger partial charge in [0.25, 0.3) is 0 Å². The van der Waals surface area contributed by atoms with Gasteiger partial charge in [-0.2, -0.15) is 5.10 Å². The second kappa shape index (κ2) is 6.50. The molecule has 0 aromatic carbocycles. The van der Waals surface area contributed by atoms with Crippen molar-refractivity contribution in [2.24, 2.45) is 11.7 Å². The molecule has 5 nitrogen and oxygen atoms in total. The fourth-order valence-corrected chi connectivity index (χ4v) is 2.49. The molecular weight excluding hydrogens is 250 g/mol. The topological polar surface area (TPSA) is 60.0 Å². The summed E-state index contributed by atoms with van der Waals surface area (Å²) in [5.74, 6) is 0.730. The van der Waals surface area contributed by atoms with Crippen molar-refractivity contribution in [3.63, 3.8) is 0 Å². The van der Waals surface area contributed by atoms with Crippen molar-refractivity contribution in [1.82, 2.24) is 19.7 Å². The Bertz CT molecular complexity index is 325. The van der Waals surface area contributed by atoms with Gasteiger partial charge in [0.15, 0.2) is 0 Å². The maximum atomic E-state index is 6.05.